The Morgan fingerprint density at radius 2 is 2.04 bits per heavy atom. The number of rotatable bonds is 7. The molecule has 0 unspecified atom stereocenters. The molecule has 1 aromatic carbocycles. The molecule has 0 fully saturated rings. The second-order valence-electron chi connectivity index (χ2n) is 6.49. The van der Waals surface area contributed by atoms with Crippen molar-refractivity contribution in [2.45, 2.75) is 33.2 Å². The Bertz CT molecular complexity index is 944. The zero-order valence-corrected chi connectivity index (χ0v) is 15.1. The van der Waals surface area contributed by atoms with Crippen LogP contribution in [-0.2, 0) is 13.6 Å². The van der Waals surface area contributed by atoms with Gasteiger partial charge in [-0.05, 0) is 32.0 Å². The first-order valence-electron chi connectivity index (χ1n) is 8.73. The van der Waals surface area contributed by atoms with Gasteiger partial charge in [-0.25, -0.2) is 0 Å². The van der Waals surface area contributed by atoms with Crippen LogP contribution in [0.1, 0.15) is 31.2 Å². The minimum atomic E-state index is -0.0663. The van der Waals surface area contributed by atoms with E-state index in [4.69, 9.17) is 0 Å². The topological polar surface area (TPSA) is 75.7 Å². The van der Waals surface area contributed by atoms with Gasteiger partial charge in [-0.3, -0.25) is 18.7 Å². The van der Waals surface area contributed by atoms with E-state index in [0.717, 1.165) is 36.3 Å². The van der Waals surface area contributed by atoms with Gasteiger partial charge in [-0.1, -0.05) is 25.0 Å². The highest BCUT2D eigenvalue weighted by molar-refractivity contribution is 5.81. The summed E-state index contributed by atoms with van der Waals surface area (Å²) >= 11 is 0. The van der Waals surface area contributed by atoms with Crippen LogP contribution in [0.15, 0.2) is 23.0 Å². The van der Waals surface area contributed by atoms with Gasteiger partial charge in [0.15, 0.2) is 5.82 Å². The second-order valence-corrected chi connectivity index (χ2v) is 6.49. The molecule has 3 rings (SSSR count). The van der Waals surface area contributed by atoms with Crippen molar-refractivity contribution in [2.75, 3.05) is 19.7 Å². The Morgan fingerprint density at radius 3 is 2.76 bits per heavy atom. The molecule has 0 radical (unpaired) electrons. The quantitative estimate of drug-likeness (QED) is 0.703. The van der Waals surface area contributed by atoms with Gasteiger partial charge in [-0.15, -0.1) is 10.2 Å². The number of benzene rings is 1. The first-order valence-corrected chi connectivity index (χ1v) is 8.73. The maximum atomic E-state index is 12.6. The molecule has 0 aliphatic heterocycles. The lowest BCUT2D eigenvalue weighted by molar-refractivity contribution is 0.185. The van der Waals surface area contributed by atoms with Crippen LogP contribution in [0.3, 0.4) is 0 Å². The van der Waals surface area contributed by atoms with E-state index < -0.39 is 0 Å². The zero-order chi connectivity index (χ0) is 18.0. The van der Waals surface area contributed by atoms with Crippen molar-refractivity contribution in [3.63, 3.8) is 0 Å². The third-order valence-corrected chi connectivity index (χ3v) is 4.55. The summed E-state index contributed by atoms with van der Waals surface area (Å²) in [5, 5.41) is 18.6. The van der Waals surface area contributed by atoms with Gasteiger partial charge in [0.25, 0.3) is 5.56 Å². The number of aliphatic hydroxyl groups is 1. The number of nitrogens with zero attached hydrogens (tertiary/aromatic N) is 5. The minimum absolute atomic E-state index is 0.0663. The van der Waals surface area contributed by atoms with Gasteiger partial charge in [0.05, 0.1) is 24.1 Å². The van der Waals surface area contributed by atoms with Crippen LogP contribution in [0, 0.1) is 6.92 Å². The van der Waals surface area contributed by atoms with E-state index in [1.54, 1.807) is 11.6 Å². The van der Waals surface area contributed by atoms with Crippen molar-refractivity contribution in [1.82, 2.24) is 24.1 Å². The highest BCUT2D eigenvalue weighted by Crippen LogP contribution is 2.17. The highest BCUT2D eigenvalue weighted by Gasteiger charge is 2.16. The van der Waals surface area contributed by atoms with Gasteiger partial charge in [0.1, 0.15) is 0 Å². The van der Waals surface area contributed by atoms with E-state index in [2.05, 4.69) is 22.0 Å². The molecule has 0 spiro atoms. The van der Waals surface area contributed by atoms with Crippen LogP contribution in [0.4, 0.5) is 0 Å². The summed E-state index contributed by atoms with van der Waals surface area (Å²) in [7, 11) is 1.72. The normalized spacial score (nSPS) is 11.9. The first kappa shape index (κ1) is 17.6. The molecule has 1 N–H and O–H groups in total. The molecule has 2 aromatic heterocycles. The average Bonchev–Trinajstić information content (AvgIpc) is 3.01. The van der Waals surface area contributed by atoms with E-state index in [1.807, 2.05) is 29.5 Å². The van der Waals surface area contributed by atoms with E-state index in [0.29, 0.717) is 24.3 Å². The number of fused-ring (bicyclic) bond motifs is 3. The fourth-order valence-corrected chi connectivity index (χ4v) is 3.15. The van der Waals surface area contributed by atoms with Crippen LogP contribution >= 0.6 is 0 Å². The zero-order valence-electron chi connectivity index (χ0n) is 15.1. The fraction of sp³-hybridized carbons (Fsp3) is 0.500. The summed E-state index contributed by atoms with van der Waals surface area (Å²) in [6, 6.07) is 5.85. The Hall–Kier alpha value is -2.25. The van der Waals surface area contributed by atoms with E-state index in [9.17, 15) is 9.90 Å². The summed E-state index contributed by atoms with van der Waals surface area (Å²) in [5.41, 5.74) is 1.80. The highest BCUT2D eigenvalue weighted by atomic mass is 16.3. The van der Waals surface area contributed by atoms with Crippen molar-refractivity contribution < 1.29 is 5.11 Å². The molecule has 0 bridgehead atoms. The Kier molecular flexibility index (Phi) is 5.15. The maximum absolute atomic E-state index is 12.6. The predicted molar refractivity (Wildman–Crippen MR) is 97.7 cm³/mol. The van der Waals surface area contributed by atoms with Crippen LogP contribution in [0.2, 0.25) is 0 Å². The van der Waals surface area contributed by atoms with Crippen LogP contribution in [0.5, 0.6) is 0 Å². The molecule has 0 aliphatic rings. The summed E-state index contributed by atoms with van der Waals surface area (Å²) in [6.45, 7) is 6.31. The van der Waals surface area contributed by atoms with Crippen LogP contribution < -0.4 is 5.56 Å². The van der Waals surface area contributed by atoms with Crippen molar-refractivity contribution in [3.8, 4) is 0 Å². The third-order valence-electron chi connectivity index (χ3n) is 4.55. The first-order chi connectivity index (χ1) is 12.1. The van der Waals surface area contributed by atoms with Crippen molar-refractivity contribution in [3.05, 3.63) is 39.9 Å². The molecule has 0 saturated carbocycles. The number of hydrogen-bond acceptors (Lipinski definition) is 5. The molecule has 134 valence electrons. The largest absolute Gasteiger partial charge is 0.395 e. The monoisotopic (exact) mass is 343 g/mol. The molecule has 3 aromatic rings. The van der Waals surface area contributed by atoms with E-state index >= 15 is 0 Å². The van der Waals surface area contributed by atoms with E-state index in [-0.39, 0.29) is 12.2 Å². The Labute approximate surface area is 146 Å². The maximum Gasteiger partial charge on any atom is 0.262 e. The minimum Gasteiger partial charge on any atom is -0.395 e. The molecule has 0 aliphatic carbocycles. The molecular formula is C18H25N5O2. The number of aliphatic hydroxyl groups excluding tert-OH is 1. The smallest absolute Gasteiger partial charge is 0.262 e. The van der Waals surface area contributed by atoms with Crippen LogP contribution in [0.25, 0.3) is 16.7 Å². The van der Waals surface area contributed by atoms with E-state index in [1.165, 1.54) is 0 Å². The Balaban J connectivity index is 2.13. The second kappa shape index (κ2) is 7.33. The molecule has 25 heavy (non-hydrogen) atoms. The van der Waals surface area contributed by atoms with Gasteiger partial charge >= 0.3 is 0 Å². The molecule has 2 heterocycles. The lowest BCUT2D eigenvalue weighted by Crippen LogP contribution is -2.29. The van der Waals surface area contributed by atoms with Crippen molar-refractivity contribution in [2.24, 2.45) is 7.05 Å². The number of aryl methyl sites for hydroxylation is 2. The molecule has 0 amide bonds. The number of aromatic nitrogens is 4. The molecule has 0 atom stereocenters. The average molecular weight is 343 g/mol. The summed E-state index contributed by atoms with van der Waals surface area (Å²) in [5.74, 6) is 1.32. The fourth-order valence-electron chi connectivity index (χ4n) is 3.15. The van der Waals surface area contributed by atoms with Gasteiger partial charge in [0.2, 0.25) is 5.78 Å². The van der Waals surface area contributed by atoms with Crippen molar-refractivity contribution >= 4 is 16.7 Å². The van der Waals surface area contributed by atoms with Crippen LogP contribution in [-0.4, -0.2) is 48.9 Å². The lowest BCUT2D eigenvalue weighted by Gasteiger charge is -2.20. The summed E-state index contributed by atoms with van der Waals surface area (Å²) in [6.07, 6.45) is 2.16. The van der Waals surface area contributed by atoms with Crippen molar-refractivity contribution in [1.29, 1.82) is 0 Å². The molecular weight excluding hydrogens is 318 g/mol. The number of unbranched alkanes of at least 4 members (excludes halogenated alkanes) is 1. The SMILES string of the molecule is CCCCN(CCO)Cc1nnc2n(C)c(=O)c3cc(C)ccc3n12. The molecule has 7 nitrogen and oxygen atoms in total. The van der Waals surface area contributed by atoms with Gasteiger partial charge < -0.3 is 5.11 Å². The summed E-state index contributed by atoms with van der Waals surface area (Å²) in [4.78, 5) is 14.8. The third kappa shape index (κ3) is 3.29. The summed E-state index contributed by atoms with van der Waals surface area (Å²) < 4.78 is 3.49. The van der Waals surface area contributed by atoms with Gasteiger partial charge in [-0.2, -0.15) is 0 Å². The van der Waals surface area contributed by atoms with Gasteiger partial charge in [0, 0.05) is 13.6 Å². The predicted octanol–water partition coefficient (Wildman–Crippen LogP) is 1.48. The lowest BCUT2D eigenvalue weighted by atomic mass is 10.1. The molecule has 7 heteroatoms. The molecule has 0 saturated heterocycles. The number of hydrogen-bond donors (Lipinski definition) is 1. The Morgan fingerprint density at radius 1 is 1.24 bits per heavy atom. The standard InChI is InChI=1S/C18H25N5O2/c1-4-5-8-22(9-10-24)12-16-19-20-18-21(3)17(25)14-11-13(2)6-7-15(14)23(16)18/h6-7,11,24H,4-5,8-10,12H2,1-3H3.